The lowest BCUT2D eigenvalue weighted by Crippen LogP contribution is -2.32. The van der Waals surface area contributed by atoms with Gasteiger partial charge in [0.05, 0.1) is 6.42 Å². The molecule has 2 heterocycles. The molecular weight excluding hydrogens is 288 g/mol. The van der Waals surface area contributed by atoms with Crippen molar-refractivity contribution in [3.8, 4) is 0 Å². The second kappa shape index (κ2) is 5.25. The van der Waals surface area contributed by atoms with Crippen LogP contribution in [-0.2, 0) is 13.5 Å². The van der Waals surface area contributed by atoms with Crippen molar-refractivity contribution < 1.29 is 4.57 Å². The van der Waals surface area contributed by atoms with Gasteiger partial charge in [-0.2, -0.15) is 4.57 Å². The van der Waals surface area contributed by atoms with E-state index in [9.17, 15) is 0 Å². The smallest absolute Gasteiger partial charge is 0.239 e. The molecule has 0 aliphatic carbocycles. The third kappa shape index (κ3) is 2.13. The number of fused-ring (bicyclic) bond motifs is 2. The highest BCUT2D eigenvalue weighted by Gasteiger charge is 2.24. The van der Waals surface area contributed by atoms with Crippen LogP contribution in [0.2, 0.25) is 0 Å². The molecule has 1 aromatic heterocycles. The first kappa shape index (κ1) is 13.5. The summed E-state index contributed by atoms with van der Waals surface area (Å²) < 4.78 is 3.71. The third-order valence-electron chi connectivity index (χ3n) is 4.48. The van der Waals surface area contributed by atoms with E-state index in [1.807, 2.05) is 11.3 Å². The Labute approximate surface area is 134 Å². The van der Waals surface area contributed by atoms with E-state index in [2.05, 4.69) is 84.4 Å². The number of allylic oxidation sites excluding steroid dienone is 1. The molecule has 0 saturated heterocycles. The van der Waals surface area contributed by atoms with E-state index < -0.39 is 0 Å². The molecule has 110 valence electrons. The first-order valence-corrected chi connectivity index (χ1v) is 8.42. The molecular formula is C19H19N2S+. The number of aryl methyl sites for hydroxylation is 1. The Morgan fingerprint density at radius 1 is 1.09 bits per heavy atom. The van der Waals surface area contributed by atoms with Crippen LogP contribution in [0.3, 0.4) is 0 Å². The topological polar surface area (TPSA) is 7.12 Å². The Bertz CT molecular complexity index is 863. The van der Waals surface area contributed by atoms with Gasteiger partial charge in [0.15, 0.2) is 0 Å². The van der Waals surface area contributed by atoms with Crippen LogP contribution < -0.4 is 9.47 Å². The average Bonchev–Trinajstić information content (AvgIpc) is 2.87. The predicted octanol–water partition coefficient (Wildman–Crippen LogP) is 4.02. The zero-order valence-corrected chi connectivity index (χ0v) is 13.7. The second-order valence-corrected chi connectivity index (χ2v) is 6.96. The van der Waals surface area contributed by atoms with Crippen LogP contribution in [0.25, 0.3) is 10.2 Å². The van der Waals surface area contributed by atoms with Crippen LogP contribution in [0.1, 0.15) is 16.5 Å². The molecule has 0 saturated carbocycles. The van der Waals surface area contributed by atoms with Crippen LogP contribution in [0.5, 0.6) is 0 Å². The van der Waals surface area contributed by atoms with Crippen molar-refractivity contribution in [2.75, 3.05) is 11.9 Å². The van der Waals surface area contributed by atoms with Gasteiger partial charge in [-0.25, -0.2) is 0 Å². The molecule has 1 unspecified atom stereocenters. The summed E-state index contributed by atoms with van der Waals surface area (Å²) in [7, 11) is 4.30. The minimum atomic E-state index is 0.451. The molecule has 0 spiro atoms. The van der Waals surface area contributed by atoms with Gasteiger partial charge < -0.3 is 4.90 Å². The summed E-state index contributed by atoms with van der Waals surface area (Å²) in [5.41, 5.74) is 4.07. The highest BCUT2D eigenvalue weighted by molar-refractivity contribution is 7.18. The van der Waals surface area contributed by atoms with E-state index in [0.29, 0.717) is 5.92 Å². The highest BCUT2D eigenvalue weighted by Crippen LogP contribution is 2.35. The number of hydrogen-bond acceptors (Lipinski definition) is 2. The molecule has 0 amide bonds. The van der Waals surface area contributed by atoms with Gasteiger partial charge in [0.2, 0.25) is 10.5 Å². The Morgan fingerprint density at radius 3 is 2.73 bits per heavy atom. The molecule has 0 radical (unpaired) electrons. The van der Waals surface area contributed by atoms with Gasteiger partial charge in [0.25, 0.3) is 0 Å². The van der Waals surface area contributed by atoms with Crippen molar-refractivity contribution in [1.82, 2.24) is 0 Å². The maximum Gasteiger partial charge on any atom is 0.239 e. The van der Waals surface area contributed by atoms with Gasteiger partial charge in [0, 0.05) is 30.9 Å². The van der Waals surface area contributed by atoms with Crippen molar-refractivity contribution >= 4 is 27.2 Å². The van der Waals surface area contributed by atoms with Gasteiger partial charge in [-0.15, -0.1) is 0 Å². The summed E-state index contributed by atoms with van der Waals surface area (Å²) in [6, 6.07) is 17.4. The lowest BCUT2D eigenvalue weighted by molar-refractivity contribution is -0.648. The fourth-order valence-electron chi connectivity index (χ4n) is 3.23. The molecule has 0 N–H and O–H groups in total. The average molecular weight is 307 g/mol. The minimum absolute atomic E-state index is 0.451. The van der Waals surface area contributed by atoms with E-state index in [4.69, 9.17) is 0 Å². The number of benzene rings is 2. The van der Waals surface area contributed by atoms with E-state index in [-0.39, 0.29) is 0 Å². The number of thiazole rings is 1. The Balaban J connectivity index is 1.74. The Hall–Kier alpha value is -2.13. The summed E-state index contributed by atoms with van der Waals surface area (Å²) in [6.07, 6.45) is 5.57. The zero-order valence-electron chi connectivity index (χ0n) is 12.9. The van der Waals surface area contributed by atoms with Crippen LogP contribution in [0.15, 0.2) is 60.8 Å². The lowest BCUT2D eigenvalue weighted by Gasteiger charge is -2.26. The van der Waals surface area contributed by atoms with Crippen molar-refractivity contribution in [1.29, 1.82) is 0 Å². The fourth-order valence-corrected chi connectivity index (χ4v) is 4.44. The van der Waals surface area contributed by atoms with Gasteiger partial charge in [-0.3, -0.25) is 0 Å². The van der Waals surface area contributed by atoms with Crippen molar-refractivity contribution in [2.24, 2.45) is 7.05 Å². The molecule has 2 nitrogen and oxygen atoms in total. The van der Waals surface area contributed by atoms with Crippen LogP contribution in [0.4, 0.5) is 5.69 Å². The number of nitrogens with zero attached hydrogens (tertiary/aromatic N) is 2. The molecule has 2 aromatic carbocycles. The first-order chi connectivity index (χ1) is 10.7. The Morgan fingerprint density at radius 2 is 1.86 bits per heavy atom. The van der Waals surface area contributed by atoms with Crippen molar-refractivity contribution in [3.05, 3.63) is 71.4 Å². The normalized spacial score (nSPS) is 17.0. The molecule has 22 heavy (non-hydrogen) atoms. The zero-order chi connectivity index (χ0) is 15.1. The third-order valence-corrected chi connectivity index (χ3v) is 5.72. The lowest BCUT2D eigenvalue weighted by atomic mass is 9.91. The SMILES string of the molecule is CN1C=CC(Cc2sc3ccccc3[n+]2C)c2ccccc21. The maximum atomic E-state index is 2.34. The van der Waals surface area contributed by atoms with Crippen LogP contribution in [-0.4, -0.2) is 7.05 Å². The van der Waals surface area contributed by atoms with Gasteiger partial charge >= 0.3 is 0 Å². The summed E-state index contributed by atoms with van der Waals surface area (Å²) in [5.74, 6) is 0.451. The molecule has 1 aliphatic rings. The Kier molecular flexibility index (Phi) is 3.23. The largest absolute Gasteiger partial charge is 0.351 e. The monoisotopic (exact) mass is 307 g/mol. The van der Waals surface area contributed by atoms with Gasteiger partial charge in [0.1, 0.15) is 11.7 Å². The summed E-state index contributed by atoms with van der Waals surface area (Å²) in [6.45, 7) is 0. The molecule has 1 atom stereocenters. The molecule has 4 rings (SSSR count). The summed E-state index contributed by atoms with van der Waals surface area (Å²) in [4.78, 5) is 2.21. The van der Waals surface area contributed by atoms with E-state index in [0.717, 1.165) is 6.42 Å². The molecule has 1 aliphatic heterocycles. The van der Waals surface area contributed by atoms with Crippen molar-refractivity contribution in [3.63, 3.8) is 0 Å². The number of aromatic nitrogens is 1. The van der Waals surface area contributed by atoms with Gasteiger partial charge in [-0.1, -0.05) is 47.7 Å². The van der Waals surface area contributed by atoms with Crippen molar-refractivity contribution in [2.45, 2.75) is 12.3 Å². The molecule has 3 aromatic rings. The molecule has 3 heteroatoms. The maximum absolute atomic E-state index is 2.34. The van der Waals surface area contributed by atoms with Crippen LogP contribution >= 0.6 is 11.3 Å². The van der Waals surface area contributed by atoms with Crippen LogP contribution in [0, 0.1) is 0 Å². The highest BCUT2D eigenvalue weighted by atomic mass is 32.1. The number of rotatable bonds is 2. The number of hydrogen-bond donors (Lipinski definition) is 0. The number of anilines is 1. The summed E-state index contributed by atoms with van der Waals surface area (Å²) >= 11 is 1.91. The fraction of sp³-hybridized carbons (Fsp3) is 0.211. The molecule has 0 bridgehead atoms. The standard InChI is InChI=1S/C19H19N2S/c1-20-12-11-14(15-7-3-4-8-16(15)20)13-19-21(2)17-9-5-6-10-18(17)22-19/h3-12,14H,13H2,1-2H3/q+1. The van der Waals surface area contributed by atoms with E-state index in [1.54, 1.807) is 0 Å². The quantitative estimate of drug-likeness (QED) is 0.649. The minimum Gasteiger partial charge on any atom is -0.351 e. The van der Waals surface area contributed by atoms with Gasteiger partial charge in [-0.05, 0) is 17.7 Å². The second-order valence-electron chi connectivity index (χ2n) is 5.84. The van der Waals surface area contributed by atoms with E-state index >= 15 is 0 Å². The molecule has 0 fully saturated rings. The summed E-state index contributed by atoms with van der Waals surface area (Å²) in [5, 5.41) is 1.43. The van der Waals surface area contributed by atoms with E-state index in [1.165, 1.54) is 26.5 Å². The predicted molar refractivity (Wildman–Crippen MR) is 93.4 cm³/mol. The first-order valence-electron chi connectivity index (χ1n) is 7.60. The number of para-hydroxylation sites is 2.